The molecule has 1 aromatic heterocycles. The van der Waals surface area contributed by atoms with Crippen molar-refractivity contribution in [2.75, 3.05) is 13.1 Å². The molecular formula is C18H21N3O2. The monoisotopic (exact) mass is 311 g/mol. The van der Waals surface area contributed by atoms with Gasteiger partial charge in [-0.2, -0.15) is 0 Å². The fourth-order valence-electron chi connectivity index (χ4n) is 4.09. The van der Waals surface area contributed by atoms with E-state index in [1.54, 1.807) is 9.80 Å². The smallest absolute Gasteiger partial charge is 0.246 e. The molecule has 2 amide bonds. The maximum atomic E-state index is 12.8. The maximum absolute atomic E-state index is 12.8. The van der Waals surface area contributed by atoms with Gasteiger partial charge in [0.15, 0.2) is 0 Å². The van der Waals surface area contributed by atoms with Crippen LogP contribution in [-0.4, -0.2) is 45.7 Å². The number of piperazine rings is 1. The van der Waals surface area contributed by atoms with Gasteiger partial charge in [0.2, 0.25) is 11.8 Å². The van der Waals surface area contributed by atoms with Crippen LogP contribution in [0.4, 0.5) is 0 Å². The van der Waals surface area contributed by atoms with E-state index in [4.69, 9.17) is 0 Å². The molecule has 1 N–H and O–H groups in total. The Bertz CT molecular complexity index is 795. The van der Waals surface area contributed by atoms with Crippen LogP contribution in [-0.2, 0) is 16.0 Å². The second-order valence-corrected chi connectivity index (χ2v) is 6.52. The lowest BCUT2D eigenvalue weighted by atomic mass is 9.90. The first-order valence-electron chi connectivity index (χ1n) is 8.31. The molecular weight excluding hydrogens is 290 g/mol. The molecule has 2 aliphatic heterocycles. The van der Waals surface area contributed by atoms with Gasteiger partial charge in [0.25, 0.3) is 0 Å². The van der Waals surface area contributed by atoms with E-state index in [1.165, 1.54) is 10.9 Å². The molecule has 1 saturated heterocycles. The van der Waals surface area contributed by atoms with Gasteiger partial charge in [-0.1, -0.05) is 25.1 Å². The van der Waals surface area contributed by atoms with Crippen LogP contribution in [0.15, 0.2) is 24.3 Å². The van der Waals surface area contributed by atoms with Crippen molar-refractivity contribution in [3.8, 4) is 0 Å². The van der Waals surface area contributed by atoms with E-state index in [0.717, 1.165) is 17.6 Å². The number of para-hydroxylation sites is 1. The Morgan fingerprint density at radius 1 is 1.26 bits per heavy atom. The van der Waals surface area contributed by atoms with Crippen LogP contribution in [0.5, 0.6) is 0 Å². The summed E-state index contributed by atoms with van der Waals surface area (Å²) in [5.74, 6) is 0.147. The third-order valence-corrected chi connectivity index (χ3v) is 5.12. The Hall–Kier alpha value is -2.30. The molecule has 4 rings (SSSR count). The molecule has 0 bridgehead atoms. The average molecular weight is 311 g/mol. The van der Waals surface area contributed by atoms with Crippen LogP contribution < -0.4 is 0 Å². The van der Waals surface area contributed by atoms with Crippen LogP contribution in [0.2, 0.25) is 0 Å². The lowest BCUT2D eigenvalue weighted by molar-refractivity contribution is -0.159. The zero-order valence-corrected chi connectivity index (χ0v) is 13.5. The fraction of sp³-hybridized carbons (Fsp3) is 0.444. The zero-order valence-electron chi connectivity index (χ0n) is 13.5. The second kappa shape index (κ2) is 5.11. The van der Waals surface area contributed by atoms with Crippen molar-refractivity contribution >= 4 is 22.7 Å². The maximum Gasteiger partial charge on any atom is 0.246 e. The van der Waals surface area contributed by atoms with Gasteiger partial charge in [-0.05, 0) is 25.0 Å². The minimum absolute atomic E-state index is 0.0554. The largest absolute Gasteiger partial charge is 0.356 e. The van der Waals surface area contributed by atoms with Gasteiger partial charge in [0.05, 0.1) is 12.6 Å². The van der Waals surface area contributed by atoms with Gasteiger partial charge in [0.1, 0.15) is 6.04 Å². The normalized spacial score (nSPS) is 24.1. The van der Waals surface area contributed by atoms with Crippen LogP contribution >= 0.6 is 0 Å². The fourth-order valence-corrected chi connectivity index (χ4v) is 4.09. The Morgan fingerprint density at radius 3 is 2.83 bits per heavy atom. The van der Waals surface area contributed by atoms with Crippen molar-refractivity contribution in [3.63, 3.8) is 0 Å². The number of nitrogens with zero attached hydrogens (tertiary/aromatic N) is 2. The summed E-state index contributed by atoms with van der Waals surface area (Å²) in [6.07, 6.45) is 1.48. The molecule has 5 nitrogen and oxygen atoms in total. The van der Waals surface area contributed by atoms with Gasteiger partial charge < -0.3 is 14.8 Å². The molecule has 2 atom stereocenters. The number of H-pyrrole nitrogens is 1. The van der Waals surface area contributed by atoms with Crippen LogP contribution in [0.3, 0.4) is 0 Å². The third-order valence-electron chi connectivity index (χ3n) is 5.12. The SMILES string of the molecule is CCCN1CC(=O)N2[C@H](C)c3[nH]c4ccccc4c3C[C@H]2C1=O. The number of amides is 2. The van der Waals surface area contributed by atoms with Crippen LogP contribution in [0, 0.1) is 0 Å². The van der Waals surface area contributed by atoms with Crippen molar-refractivity contribution in [2.24, 2.45) is 0 Å². The van der Waals surface area contributed by atoms with Crippen molar-refractivity contribution in [3.05, 3.63) is 35.5 Å². The Morgan fingerprint density at radius 2 is 2.04 bits per heavy atom. The zero-order chi connectivity index (χ0) is 16.1. The summed E-state index contributed by atoms with van der Waals surface area (Å²) in [7, 11) is 0. The lowest BCUT2D eigenvalue weighted by Gasteiger charge is -2.45. The quantitative estimate of drug-likeness (QED) is 0.924. The van der Waals surface area contributed by atoms with Crippen molar-refractivity contribution in [2.45, 2.75) is 38.8 Å². The summed E-state index contributed by atoms with van der Waals surface area (Å²) in [5, 5.41) is 1.17. The summed E-state index contributed by atoms with van der Waals surface area (Å²) in [5.41, 5.74) is 3.34. The highest BCUT2D eigenvalue weighted by atomic mass is 16.2. The topological polar surface area (TPSA) is 56.4 Å². The first-order chi connectivity index (χ1) is 11.1. The number of nitrogens with one attached hydrogen (secondary N) is 1. The van der Waals surface area contributed by atoms with E-state index < -0.39 is 0 Å². The Kier molecular flexibility index (Phi) is 3.18. The van der Waals surface area contributed by atoms with Gasteiger partial charge in [0, 0.05) is 29.6 Å². The molecule has 1 fully saturated rings. The second-order valence-electron chi connectivity index (χ2n) is 6.52. The summed E-state index contributed by atoms with van der Waals surface area (Å²) >= 11 is 0. The number of aromatic amines is 1. The number of benzene rings is 1. The summed E-state index contributed by atoms with van der Waals surface area (Å²) in [6.45, 7) is 4.92. The highest BCUT2D eigenvalue weighted by Gasteiger charge is 2.45. The molecule has 0 unspecified atom stereocenters. The van der Waals surface area contributed by atoms with Gasteiger partial charge in [-0.15, -0.1) is 0 Å². The third kappa shape index (κ3) is 1.99. The van der Waals surface area contributed by atoms with Crippen molar-refractivity contribution in [1.29, 1.82) is 0 Å². The van der Waals surface area contributed by atoms with E-state index in [0.29, 0.717) is 13.0 Å². The molecule has 0 spiro atoms. The summed E-state index contributed by atoms with van der Waals surface area (Å²) in [6, 6.07) is 7.71. The number of aromatic nitrogens is 1. The molecule has 120 valence electrons. The Labute approximate surface area is 135 Å². The molecule has 1 aromatic carbocycles. The molecule has 2 aliphatic rings. The number of fused-ring (bicyclic) bond motifs is 4. The summed E-state index contributed by atoms with van der Waals surface area (Å²) < 4.78 is 0. The summed E-state index contributed by atoms with van der Waals surface area (Å²) in [4.78, 5) is 32.4. The minimum Gasteiger partial charge on any atom is -0.356 e. The van der Waals surface area contributed by atoms with Crippen LogP contribution in [0.1, 0.15) is 37.6 Å². The van der Waals surface area contributed by atoms with Crippen molar-refractivity contribution < 1.29 is 9.59 Å². The van der Waals surface area contributed by atoms with E-state index >= 15 is 0 Å². The first kappa shape index (κ1) is 14.3. The number of hydrogen-bond donors (Lipinski definition) is 1. The van der Waals surface area contributed by atoms with Crippen LogP contribution in [0.25, 0.3) is 10.9 Å². The Balaban J connectivity index is 1.80. The molecule has 0 radical (unpaired) electrons. The molecule has 3 heterocycles. The van der Waals surface area contributed by atoms with Crippen molar-refractivity contribution in [1.82, 2.24) is 14.8 Å². The van der Waals surface area contributed by atoms with Gasteiger partial charge >= 0.3 is 0 Å². The predicted molar refractivity (Wildman–Crippen MR) is 87.9 cm³/mol. The molecule has 23 heavy (non-hydrogen) atoms. The molecule has 0 saturated carbocycles. The first-order valence-corrected chi connectivity index (χ1v) is 8.31. The lowest BCUT2D eigenvalue weighted by Crippen LogP contribution is -2.62. The van der Waals surface area contributed by atoms with Gasteiger partial charge in [-0.25, -0.2) is 0 Å². The minimum atomic E-state index is -0.357. The predicted octanol–water partition coefficient (Wildman–Crippen LogP) is 2.23. The van der Waals surface area contributed by atoms with E-state index in [9.17, 15) is 9.59 Å². The van der Waals surface area contributed by atoms with E-state index in [-0.39, 0.29) is 30.4 Å². The number of carbonyl (C=O) groups excluding carboxylic acids is 2. The highest BCUT2D eigenvalue weighted by molar-refractivity contribution is 5.97. The number of carbonyl (C=O) groups is 2. The van der Waals surface area contributed by atoms with E-state index in [2.05, 4.69) is 11.1 Å². The van der Waals surface area contributed by atoms with Gasteiger partial charge in [-0.3, -0.25) is 9.59 Å². The average Bonchev–Trinajstić information content (AvgIpc) is 2.92. The molecule has 2 aromatic rings. The number of hydrogen-bond acceptors (Lipinski definition) is 2. The number of rotatable bonds is 2. The molecule has 0 aliphatic carbocycles. The molecule has 5 heteroatoms. The van der Waals surface area contributed by atoms with E-state index in [1.807, 2.05) is 32.0 Å². The highest BCUT2D eigenvalue weighted by Crippen LogP contribution is 2.38. The standard InChI is InChI=1S/C18H21N3O2/c1-3-8-20-10-16(22)21-11(2)17-13(9-15(21)18(20)23)12-6-4-5-7-14(12)19-17/h4-7,11,15,19H,3,8-10H2,1-2H3/t11-,15+/m1/s1.